The maximum atomic E-state index is 11.8. The standard InChI is InChI=1S/C12H16N2O2S/c13-10-1-3-11(4-2-10)16-9-12(15)14-5-7-17-8-6-14/h1-4H,5-9,13H2. The lowest BCUT2D eigenvalue weighted by Crippen LogP contribution is -2.40. The van der Waals surface area contributed by atoms with Crippen molar-refractivity contribution < 1.29 is 9.53 Å². The molecule has 2 N–H and O–H groups in total. The molecule has 0 unspecified atom stereocenters. The largest absolute Gasteiger partial charge is 0.484 e. The maximum absolute atomic E-state index is 11.8. The lowest BCUT2D eigenvalue weighted by Gasteiger charge is -2.26. The number of thioether (sulfide) groups is 1. The van der Waals surface area contributed by atoms with Gasteiger partial charge in [0.2, 0.25) is 0 Å². The van der Waals surface area contributed by atoms with Crippen LogP contribution in [0.3, 0.4) is 0 Å². The number of carbonyl (C=O) groups excluding carboxylic acids is 1. The Bertz CT molecular complexity index is 375. The van der Waals surface area contributed by atoms with Gasteiger partial charge in [0.1, 0.15) is 5.75 Å². The Morgan fingerprint density at radius 3 is 2.59 bits per heavy atom. The van der Waals surface area contributed by atoms with Gasteiger partial charge in [0.25, 0.3) is 5.91 Å². The first-order valence-corrected chi connectivity index (χ1v) is 6.75. The van der Waals surface area contributed by atoms with E-state index in [1.54, 1.807) is 24.3 Å². The van der Waals surface area contributed by atoms with Gasteiger partial charge in [-0.2, -0.15) is 11.8 Å². The Labute approximate surface area is 105 Å². The number of ether oxygens (including phenoxy) is 1. The quantitative estimate of drug-likeness (QED) is 0.822. The van der Waals surface area contributed by atoms with Gasteiger partial charge in [0.15, 0.2) is 6.61 Å². The van der Waals surface area contributed by atoms with Crippen LogP contribution in [0, 0.1) is 0 Å². The number of rotatable bonds is 3. The molecular formula is C12H16N2O2S. The molecule has 0 aliphatic carbocycles. The number of carbonyl (C=O) groups is 1. The predicted molar refractivity (Wildman–Crippen MR) is 70.3 cm³/mol. The minimum Gasteiger partial charge on any atom is -0.484 e. The van der Waals surface area contributed by atoms with E-state index >= 15 is 0 Å². The number of nitrogens with two attached hydrogens (primary N) is 1. The van der Waals surface area contributed by atoms with Crippen molar-refractivity contribution in [2.45, 2.75) is 0 Å². The maximum Gasteiger partial charge on any atom is 0.260 e. The minimum absolute atomic E-state index is 0.0575. The zero-order valence-electron chi connectivity index (χ0n) is 9.59. The Kier molecular flexibility index (Phi) is 4.14. The number of hydrogen-bond donors (Lipinski definition) is 1. The van der Waals surface area contributed by atoms with Crippen LogP contribution in [0.25, 0.3) is 0 Å². The first kappa shape index (κ1) is 12.1. The Morgan fingerprint density at radius 1 is 1.29 bits per heavy atom. The van der Waals surface area contributed by atoms with Gasteiger partial charge in [-0.15, -0.1) is 0 Å². The zero-order chi connectivity index (χ0) is 12.1. The minimum atomic E-state index is 0.0575. The summed E-state index contributed by atoms with van der Waals surface area (Å²) in [4.78, 5) is 13.7. The molecule has 5 heteroatoms. The second-order valence-corrected chi connectivity index (χ2v) is 5.08. The van der Waals surface area contributed by atoms with E-state index in [0.717, 1.165) is 24.6 Å². The van der Waals surface area contributed by atoms with Gasteiger partial charge in [0.05, 0.1) is 0 Å². The number of amides is 1. The molecule has 1 amide bonds. The molecule has 1 aromatic rings. The molecule has 2 rings (SSSR count). The van der Waals surface area contributed by atoms with Crippen molar-refractivity contribution in [1.82, 2.24) is 4.90 Å². The Hall–Kier alpha value is -1.36. The monoisotopic (exact) mass is 252 g/mol. The number of nitrogen functional groups attached to an aromatic ring is 1. The molecule has 1 aliphatic rings. The molecule has 0 bridgehead atoms. The van der Waals surface area contributed by atoms with Gasteiger partial charge in [-0.1, -0.05) is 0 Å². The Morgan fingerprint density at radius 2 is 1.94 bits per heavy atom. The third kappa shape index (κ3) is 3.56. The van der Waals surface area contributed by atoms with Gasteiger partial charge >= 0.3 is 0 Å². The summed E-state index contributed by atoms with van der Waals surface area (Å²) in [6.45, 7) is 1.76. The van der Waals surface area contributed by atoms with E-state index in [9.17, 15) is 4.79 Å². The van der Waals surface area contributed by atoms with E-state index < -0.39 is 0 Å². The molecule has 0 saturated carbocycles. The molecule has 17 heavy (non-hydrogen) atoms. The van der Waals surface area contributed by atoms with Crippen molar-refractivity contribution in [3.8, 4) is 5.75 Å². The fraction of sp³-hybridized carbons (Fsp3) is 0.417. The lowest BCUT2D eigenvalue weighted by molar-refractivity contribution is -0.132. The topological polar surface area (TPSA) is 55.6 Å². The summed E-state index contributed by atoms with van der Waals surface area (Å²) in [5, 5.41) is 0. The van der Waals surface area contributed by atoms with Gasteiger partial charge in [0, 0.05) is 30.3 Å². The van der Waals surface area contributed by atoms with E-state index in [-0.39, 0.29) is 12.5 Å². The number of nitrogens with zero attached hydrogens (tertiary/aromatic N) is 1. The van der Waals surface area contributed by atoms with Crippen LogP contribution in [0.5, 0.6) is 5.75 Å². The summed E-state index contributed by atoms with van der Waals surface area (Å²) in [5.74, 6) is 2.78. The van der Waals surface area contributed by atoms with Crippen molar-refractivity contribution in [1.29, 1.82) is 0 Å². The summed E-state index contributed by atoms with van der Waals surface area (Å²) in [6.07, 6.45) is 0. The van der Waals surface area contributed by atoms with Crippen LogP contribution < -0.4 is 10.5 Å². The van der Waals surface area contributed by atoms with Crippen LogP contribution in [-0.2, 0) is 4.79 Å². The van der Waals surface area contributed by atoms with Gasteiger partial charge < -0.3 is 15.4 Å². The van der Waals surface area contributed by atoms with E-state index in [4.69, 9.17) is 10.5 Å². The van der Waals surface area contributed by atoms with Crippen LogP contribution in [-0.4, -0.2) is 42.0 Å². The zero-order valence-corrected chi connectivity index (χ0v) is 10.4. The first-order valence-electron chi connectivity index (χ1n) is 5.59. The second kappa shape index (κ2) is 5.82. The van der Waals surface area contributed by atoms with E-state index in [1.165, 1.54) is 0 Å². The highest BCUT2D eigenvalue weighted by atomic mass is 32.2. The molecular weight excluding hydrogens is 236 g/mol. The molecule has 92 valence electrons. The van der Waals surface area contributed by atoms with Gasteiger partial charge in [-0.3, -0.25) is 4.79 Å². The summed E-state index contributed by atoms with van der Waals surface area (Å²) in [5.41, 5.74) is 6.26. The summed E-state index contributed by atoms with van der Waals surface area (Å²) < 4.78 is 5.42. The SMILES string of the molecule is Nc1ccc(OCC(=O)N2CCSCC2)cc1. The summed E-state index contributed by atoms with van der Waals surface area (Å²) in [6, 6.07) is 7.07. The molecule has 4 nitrogen and oxygen atoms in total. The van der Waals surface area contributed by atoms with Crippen molar-refractivity contribution >= 4 is 23.4 Å². The van der Waals surface area contributed by atoms with E-state index in [0.29, 0.717) is 11.4 Å². The van der Waals surface area contributed by atoms with Crippen molar-refractivity contribution in [3.63, 3.8) is 0 Å². The number of benzene rings is 1. The highest BCUT2D eigenvalue weighted by Crippen LogP contribution is 2.14. The molecule has 1 aliphatic heterocycles. The normalized spacial score (nSPS) is 15.6. The second-order valence-electron chi connectivity index (χ2n) is 3.85. The molecule has 0 radical (unpaired) electrons. The fourth-order valence-corrected chi connectivity index (χ4v) is 2.52. The van der Waals surface area contributed by atoms with Crippen LogP contribution in [0.2, 0.25) is 0 Å². The Balaban J connectivity index is 1.81. The molecule has 0 spiro atoms. The molecule has 1 saturated heterocycles. The number of hydrogen-bond acceptors (Lipinski definition) is 4. The summed E-state index contributed by atoms with van der Waals surface area (Å²) >= 11 is 1.88. The van der Waals surface area contributed by atoms with Crippen LogP contribution >= 0.6 is 11.8 Å². The predicted octanol–water partition coefficient (Wildman–Crippen LogP) is 1.22. The third-order valence-electron chi connectivity index (χ3n) is 2.61. The van der Waals surface area contributed by atoms with Crippen molar-refractivity contribution in [3.05, 3.63) is 24.3 Å². The van der Waals surface area contributed by atoms with Crippen molar-refractivity contribution in [2.75, 3.05) is 36.9 Å². The smallest absolute Gasteiger partial charge is 0.260 e. The van der Waals surface area contributed by atoms with Crippen LogP contribution in [0.1, 0.15) is 0 Å². The first-order chi connectivity index (χ1) is 8.25. The third-order valence-corrected chi connectivity index (χ3v) is 3.55. The highest BCUT2D eigenvalue weighted by Gasteiger charge is 2.16. The molecule has 1 heterocycles. The van der Waals surface area contributed by atoms with Crippen LogP contribution in [0.4, 0.5) is 5.69 Å². The van der Waals surface area contributed by atoms with Crippen molar-refractivity contribution in [2.24, 2.45) is 0 Å². The molecule has 1 aromatic carbocycles. The molecule has 0 atom stereocenters. The summed E-state index contributed by atoms with van der Waals surface area (Å²) in [7, 11) is 0. The average molecular weight is 252 g/mol. The molecule has 1 fully saturated rings. The van der Waals surface area contributed by atoms with Gasteiger partial charge in [-0.05, 0) is 24.3 Å². The van der Waals surface area contributed by atoms with E-state index in [2.05, 4.69) is 0 Å². The van der Waals surface area contributed by atoms with Crippen LogP contribution in [0.15, 0.2) is 24.3 Å². The van der Waals surface area contributed by atoms with Gasteiger partial charge in [-0.25, -0.2) is 0 Å². The fourth-order valence-electron chi connectivity index (χ4n) is 1.61. The highest BCUT2D eigenvalue weighted by molar-refractivity contribution is 7.99. The average Bonchev–Trinajstić information content (AvgIpc) is 2.39. The van der Waals surface area contributed by atoms with E-state index in [1.807, 2.05) is 16.7 Å². The lowest BCUT2D eigenvalue weighted by atomic mass is 10.3. The number of anilines is 1. The molecule has 0 aromatic heterocycles.